The Bertz CT molecular complexity index is 1280. The summed E-state index contributed by atoms with van der Waals surface area (Å²) in [5.74, 6) is 0. The zero-order chi connectivity index (χ0) is 21.5. The summed E-state index contributed by atoms with van der Waals surface area (Å²) in [4.78, 5) is 4.14. The third-order valence-corrected chi connectivity index (χ3v) is 4.33. The number of para-hydroxylation sites is 2. The lowest BCUT2D eigenvalue weighted by atomic mass is 10.2. The molecule has 0 atom stereocenters. The largest absolute Gasteiger partial charge is 0.423 e. The molecule has 0 N–H and O–H groups in total. The number of benzene rings is 3. The highest BCUT2D eigenvalue weighted by Gasteiger charge is 2.31. The van der Waals surface area contributed by atoms with E-state index in [-0.39, 0.29) is 17.1 Å². The molecule has 1 aromatic heterocycles. The van der Waals surface area contributed by atoms with E-state index in [1.807, 2.05) is 0 Å². The number of halogens is 6. The van der Waals surface area contributed by atoms with Crippen molar-refractivity contribution in [1.82, 2.24) is 4.57 Å². The molecule has 0 fully saturated rings. The number of hydrogen-bond donors (Lipinski definition) is 0. The second kappa shape index (κ2) is 7.08. The summed E-state index contributed by atoms with van der Waals surface area (Å²) in [6.07, 6.45) is -9.12. The predicted molar refractivity (Wildman–Crippen MR) is 97.2 cm³/mol. The summed E-state index contributed by atoms with van der Waals surface area (Å²) in [5, 5.41) is 0. The van der Waals surface area contributed by atoms with Gasteiger partial charge in [0.2, 0.25) is 0 Å². The summed E-state index contributed by atoms with van der Waals surface area (Å²) >= 11 is 0. The number of rotatable bonds is 2. The van der Waals surface area contributed by atoms with Gasteiger partial charge in [0.1, 0.15) is 0 Å². The highest BCUT2D eigenvalue weighted by Crippen LogP contribution is 2.32. The predicted octanol–water partition coefficient (Wildman–Crippen LogP) is 6.49. The summed E-state index contributed by atoms with van der Waals surface area (Å²) in [7, 11) is 0. The smallest absolute Gasteiger partial charge is 0.416 e. The van der Waals surface area contributed by atoms with Crippen molar-refractivity contribution in [2.24, 2.45) is 4.99 Å². The minimum atomic E-state index is -4.56. The molecule has 0 aliphatic rings. The lowest BCUT2D eigenvalue weighted by molar-refractivity contribution is -0.138. The number of oxazole rings is 1. The molecule has 1 heterocycles. The quantitative estimate of drug-likeness (QED) is 0.340. The summed E-state index contributed by atoms with van der Waals surface area (Å²) in [5.41, 5.74) is -1.13. The van der Waals surface area contributed by atoms with Gasteiger partial charge in [-0.15, -0.1) is 0 Å². The zero-order valence-corrected chi connectivity index (χ0v) is 15.0. The maximum Gasteiger partial charge on any atom is 0.416 e. The number of fused-ring (bicyclic) bond motifs is 1. The third kappa shape index (κ3) is 3.83. The van der Waals surface area contributed by atoms with Crippen LogP contribution in [0.3, 0.4) is 0 Å². The summed E-state index contributed by atoms with van der Waals surface area (Å²) in [6.45, 7) is 0. The van der Waals surface area contributed by atoms with Crippen molar-refractivity contribution in [3.63, 3.8) is 0 Å². The number of hydrogen-bond acceptors (Lipinski definition) is 2. The molecular formula is C21H12F6N2O. The first-order valence-corrected chi connectivity index (χ1v) is 8.63. The molecule has 3 nitrogen and oxygen atoms in total. The fourth-order valence-corrected chi connectivity index (χ4v) is 2.98. The molecular weight excluding hydrogens is 410 g/mol. The highest BCUT2D eigenvalue weighted by molar-refractivity contribution is 5.75. The van der Waals surface area contributed by atoms with Gasteiger partial charge in [-0.25, -0.2) is 0 Å². The molecule has 9 heteroatoms. The highest BCUT2D eigenvalue weighted by atomic mass is 19.4. The average molecular weight is 422 g/mol. The van der Waals surface area contributed by atoms with Gasteiger partial charge in [0.15, 0.2) is 5.58 Å². The maximum absolute atomic E-state index is 13.2. The van der Waals surface area contributed by atoms with Gasteiger partial charge in [0.05, 0.1) is 28.0 Å². The van der Waals surface area contributed by atoms with Gasteiger partial charge >= 0.3 is 18.0 Å². The Hall–Kier alpha value is -3.49. The standard InChI is InChI=1S/C21H12F6N2O/c22-20(23,24)13-5-3-7-15(11-13)28-19-29(17-9-1-2-10-18(17)30-19)16-8-4-6-14(12-16)21(25,26)27/h1-12H. The molecule has 0 amide bonds. The Morgan fingerprint density at radius 1 is 0.700 bits per heavy atom. The first kappa shape index (κ1) is 19.8. The van der Waals surface area contributed by atoms with Gasteiger partial charge in [-0.05, 0) is 48.5 Å². The van der Waals surface area contributed by atoms with E-state index in [0.717, 1.165) is 24.3 Å². The van der Waals surface area contributed by atoms with E-state index >= 15 is 0 Å². The monoisotopic (exact) mass is 422 g/mol. The minimum Gasteiger partial charge on any atom is -0.423 e. The van der Waals surface area contributed by atoms with Crippen molar-refractivity contribution < 1.29 is 30.8 Å². The Kier molecular flexibility index (Phi) is 4.68. The van der Waals surface area contributed by atoms with Gasteiger partial charge in [-0.3, -0.25) is 4.57 Å². The van der Waals surface area contributed by atoms with Crippen LogP contribution in [-0.4, -0.2) is 4.57 Å². The van der Waals surface area contributed by atoms with Gasteiger partial charge in [-0.1, -0.05) is 24.3 Å². The second-order valence-corrected chi connectivity index (χ2v) is 6.40. The van der Waals surface area contributed by atoms with Gasteiger partial charge in [0.25, 0.3) is 0 Å². The lowest BCUT2D eigenvalue weighted by Gasteiger charge is -2.10. The Labute approximate surface area is 165 Å². The Balaban J connectivity index is 1.96. The van der Waals surface area contributed by atoms with Crippen LogP contribution < -0.4 is 5.68 Å². The topological polar surface area (TPSA) is 30.4 Å². The maximum atomic E-state index is 13.2. The van der Waals surface area contributed by atoms with E-state index in [9.17, 15) is 26.3 Å². The first-order chi connectivity index (χ1) is 14.1. The second-order valence-electron chi connectivity index (χ2n) is 6.40. The Morgan fingerprint density at radius 3 is 2.03 bits per heavy atom. The summed E-state index contributed by atoms with van der Waals surface area (Å²) < 4.78 is 85.5. The average Bonchev–Trinajstić information content (AvgIpc) is 3.05. The van der Waals surface area contributed by atoms with Gasteiger partial charge in [0, 0.05) is 0 Å². The molecule has 0 radical (unpaired) electrons. The van der Waals surface area contributed by atoms with Crippen LogP contribution in [0.15, 0.2) is 82.2 Å². The van der Waals surface area contributed by atoms with Crippen LogP contribution in [0, 0.1) is 0 Å². The van der Waals surface area contributed by atoms with Crippen molar-refractivity contribution in [2.45, 2.75) is 12.4 Å². The van der Waals surface area contributed by atoms with E-state index in [1.165, 1.54) is 28.8 Å². The van der Waals surface area contributed by atoms with Crippen LogP contribution in [0.5, 0.6) is 0 Å². The molecule has 0 saturated heterocycles. The molecule has 3 aromatic carbocycles. The van der Waals surface area contributed by atoms with Crippen LogP contribution in [0.1, 0.15) is 11.1 Å². The molecule has 0 aliphatic carbocycles. The molecule has 0 saturated carbocycles. The molecule has 30 heavy (non-hydrogen) atoms. The van der Waals surface area contributed by atoms with Crippen molar-refractivity contribution in [2.75, 3.05) is 0 Å². The van der Waals surface area contributed by atoms with E-state index < -0.39 is 23.5 Å². The van der Waals surface area contributed by atoms with Crippen molar-refractivity contribution in [3.05, 3.63) is 89.6 Å². The fraction of sp³-hybridized carbons (Fsp3) is 0.0952. The van der Waals surface area contributed by atoms with E-state index in [0.29, 0.717) is 11.1 Å². The molecule has 0 spiro atoms. The van der Waals surface area contributed by atoms with Crippen LogP contribution >= 0.6 is 0 Å². The third-order valence-electron chi connectivity index (χ3n) is 4.33. The molecule has 0 unspecified atom stereocenters. The summed E-state index contributed by atoms with van der Waals surface area (Å²) in [6, 6.07) is 15.3. The van der Waals surface area contributed by atoms with Gasteiger partial charge < -0.3 is 4.42 Å². The molecule has 154 valence electrons. The lowest BCUT2D eigenvalue weighted by Crippen LogP contribution is -2.15. The normalized spacial score (nSPS) is 13.2. The molecule has 4 rings (SSSR count). The fourth-order valence-electron chi connectivity index (χ4n) is 2.98. The van der Waals surface area contributed by atoms with E-state index in [1.54, 1.807) is 24.3 Å². The zero-order valence-electron chi connectivity index (χ0n) is 15.0. The van der Waals surface area contributed by atoms with Crippen molar-refractivity contribution in [1.29, 1.82) is 0 Å². The first-order valence-electron chi connectivity index (χ1n) is 8.63. The molecule has 0 bridgehead atoms. The van der Waals surface area contributed by atoms with Crippen molar-refractivity contribution in [3.8, 4) is 5.69 Å². The van der Waals surface area contributed by atoms with Crippen LogP contribution in [0.25, 0.3) is 16.8 Å². The van der Waals surface area contributed by atoms with Crippen molar-refractivity contribution >= 4 is 16.8 Å². The SMILES string of the molecule is FC(F)(F)c1cccc(N=c2oc3ccccc3n2-c2cccc(C(F)(F)F)c2)c1. The molecule has 4 aromatic rings. The Morgan fingerprint density at radius 2 is 1.33 bits per heavy atom. The number of aromatic nitrogens is 1. The van der Waals surface area contributed by atoms with Crippen LogP contribution in [-0.2, 0) is 12.4 Å². The van der Waals surface area contributed by atoms with Gasteiger partial charge in [-0.2, -0.15) is 31.3 Å². The number of alkyl halides is 6. The van der Waals surface area contributed by atoms with E-state index in [4.69, 9.17) is 4.42 Å². The van der Waals surface area contributed by atoms with Crippen LogP contribution in [0.2, 0.25) is 0 Å². The molecule has 0 aliphatic heterocycles. The minimum absolute atomic E-state index is 0.0513. The number of nitrogens with zero attached hydrogens (tertiary/aromatic N) is 2. The van der Waals surface area contributed by atoms with E-state index in [2.05, 4.69) is 4.99 Å². The van der Waals surface area contributed by atoms with Crippen LogP contribution in [0.4, 0.5) is 32.0 Å².